The van der Waals surface area contributed by atoms with Crippen LogP contribution in [0.25, 0.3) is 49.1 Å². The van der Waals surface area contributed by atoms with Gasteiger partial charge in [0.2, 0.25) is 6.54 Å². The number of rotatable bonds is 17. The Morgan fingerprint density at radius 2 is 1.15 bits per heavy atom. The molecule has 0 aromatic carbocycles. The van der Waals surface area contributed by atoms with Crippen LogP contribution in [0.2, 0.25) is 10.0 Å². The molecule has 2 saturated carbocycles. The summed E-state index contributed by atoms with van der Waals surface area (Å²) in [6.07, 6.45) is 29.8. The maximum atomic E-state index is 12.7. The minimum Gasteiger partial charge on any atom is -0.462 e. The fraction of sp³-hybridized carbons (Fsp3) is 0.492. The molecule has 9 heterocycles. The molecule has 1 aliphatic heterocycles. The Bertz CT molecular complexity index is 3600. The molecule has 462 valence electrons. The van der Waals surface area contributed by atoms with Gasteiger partial charge in [-0.05, 0) is 110 Å². The first-order valence-corrected chi connectivity index (χ1v) is 30.7. The van der Waals surface area contributed by atoms with Crippen LogP contribution in [0.15, 0.2) is 80.2 Å². The number of H-pyrrole nitrogens is 3. The van der Waals surface area contributed by atoms with E-state index < -0.39 is 11.9 Å². The molecule has 24 heteroatoms. The molecule has 2 atom stereocenters. The number of hydrogen-bond acceptors (Lipinski definition) is 15. The van der Waals surface area contributed by atoms with Crippen molar-refractivity contribution in [1.29, 1.82) is 5.26 Å². The third kappa shape index (κ3) is 16.5. The summed E-state index contributed by atoms with van der Waals surface area (Å²) in [5.41, 5.74) is 4.93. The number of fused-ring (bicyclic) bond motifs is 3. The monoisotopic (exact) mass is 1230 g/mol. The Morgan fingerprint density at radius 3 is 1.63 bits per heavy atom. The third-order valence-corrected chi connectivity index (χ3v) is 16.7. The third-order valence-electron chi connectivity index (χ3n) is 15.8. The number of hydrogen-bond donors (Lipinski definition) is 4. The Labute approximate surface area is 518 Å². The summed E-state index contributed by atoms with van der Waals surface area (Å²) in [5, 5.41) is 29.2. The molecule has 0 amide bonds. The fourth-order valence-electron chi connectivity index (χ4n) is 10.5. The molecule has 8 aromatic rings. The first kappa shape index (κ1) is 66.9. The molecule has 2 aliphatic carbocycles. The number of aliphatic hydroxyl groups excluding tert-OH is 1. The molecule has 0 radical (unpaired) electrons. The average Bonchev–Trinajstić information content (AvgIpc) is 1.88. The van der Waals surface area contributed by atoms with Crippen molar-refractivity contribution in [2.45, 2.75) is 156 Å². The second kappa shape index (κ2) is 31.9. The number of pyridine rings is 3. The molecule has 3 aliphatic rings. The predicted molar refractivity (Wildman–Crippen MR) is 336 cm³/mol. The second-order valence-electron chi connectivity index (χ2n) is 22.4. The van der Waals surface area contributed by atoms with Crippen molar-refractivity contribution in [3.8, 4) is 17.2 Å². The van der Waals surface area contributed by atoms with Gasteiger partial charge in [-0.3, -0.25) is 9.36 Å². The highest BCUT2D eigenvalue weighted by atomic mass is 35.5. The van der Waals surface area contributed by atoms with E-state index in [0.717, 1.165) is 64.9 Å². The van der Waals surface area contributed by atoms with E-state index in [0.29, 0.717) is 94.9 Å². The van der Waals surface area contributed by atoms with Gasteiger partial charge in [0.15, 0.2) is 0 Å². The summed E-state index contributed by atoms with van der Waals surface area (Å²) in [5.74, 6) is -0.212. The number of esters is 3. The van der Waals surface area contributed by atoms with E-state index in [-0.39, 0.29) is 36.4 Å². The highest BCUT2D eigenvalue weighted by molar-refractivity contribution is 6.62. The van der Waals surface area contributed by atoms with Crippen LogP contribution in [0.4, 0.5) is 0 Å². The van der Waals surface area contributed by atoms with Crippen LogP contribution in [-0.4, -0.2) is 124 Å². The van der Waals surface area contributed by atoms with Gasteiger partial charge in [0.25, 0.3) is 0 Å². The Hall–Kier alpha value is -7.60. The lowest BCUT2D eigenvalue weighted by Gasteiger charge is -2.32. The molecule has 0 unspecified atom stereocenters. The molecule has 3 fully saturated rings. The van der Waals surface area contributed by atoms with E-state index in [4.69, 9.17) is 58.4 Å². The lowest BCUT2D eigenvalue weighted by atomic mass is 9.82. The number of carbonyl (C=O) groups excluding carboxylic acids is 3. The van der Waals surface area contributed by atoms with E-state index in [9.17, 15) is 19.6 Å². The zero-order valence-electron chi connectivity index (χ0n) is 50.9. The van der Waals surface area contributed by atoms with Crippen LogP contribution >= 0.6 is 23.2 Å². The highest BCUT2D eigenvalue weighted by Crippen LogP contribution is 2.40. The number of carbonyl (C=O) groups is 3. The minimum atomic E-state index is -0.446. The van der Waals surface area contributed by atoms with Crippen molar-refractivity contribution in [3.05, 3.63) is 118 Å². The van der Waals surface area contributed by atoms with Crippen LogP contribution < -0.4 is 5.46 Å². The number of aliphatic hydroxyl groups is 1. The van der Waals surface area contributed by atoms with Crippen LogP contribution in [0.1, 0.15) is 176 Å². The summed E-state index contributed by atoms with van der Waals surface area (Å²) in [4.78, 5) is 60.9. The predicted octanol–water partition coefficient (Wildman–Crippen LogP) is 13.0. The standard InChI is InChI=1S/C22H25N5O2.C17H26BN3O2.C11H11ClN2O2.C10H9ClN2O2.C3H8O/c1-3-10-29-22(28)18-12-25-21-17(8-9-24-21)20(18)16-11-26-27(14-16)19(13-23-2)15-6-4-5-7-15;1-16(2)17(3,4)23-18(22-16)14-11-20-21(12-14)15(9-10-19)13-7-5-6-8-13;1-2-5-16-11(15)8-6-14-10-7(9(8)12)3-4-13-10;1-2-15-10(14)7-5-13-9-6(8(7)11)3-4-12-9;1-2-3-4/h8-9,11-12,14-15,19H,3-7,10,13H2,1H3,(H,24,25);11-13,15H,5-9H2,1-4H3;3-4,6H,2,5H2,1H3,(H,13,14);3-5H,2H2,1H3,(H,12,13);4H,2-3H2,1H3/t19-;15-;;;/m11.../s1. The van der Waals surface area contributed by atoms with Gasteiger partial charge < -0.3 is 48.4 Å². The fourth-order valence-corrected chi connectivity index (χ4v) is 11.1. The molecular formula is C63H79BCl2N12O9. The first-order chi connectivity index (χ1) is 41.9. The second-order valence-corrected chi connectivity index (χ2v) is 23.2. The summed E-state index contributed by atoms with van der Waals surface area (Å²) >= 11 is 12.1. The summed E-state index contributed by atoms with van der Waals surface area (Å²) in [6.45, 7) is 25.0. The zero-order chi connectivity index (χ0) is 62.7. The maximum absolute atomic E-state index is 12.7. The van der Waals surface area contributed by atoms with Crippen LogP contribution in [-0.2, 0) is 23.5 Å². The van der Waals surface area contributed by atoms with Gasteiger partial charge in [-0.2, -0.15) is 15.5 Å². The molecular weight excluding hydrogens is 1150 g/mol. The molecule has 21 nitrogen and oxygen atoms in total. The Kier molecular flexibility index (Phi) is 24.5. The maximum Gasteiger partial charge on any atom is 0.498 e. The molecule has 4 N–H and O–H groups in total. The normalized spacial score (nSPS) is 15.8. The number of nitriles is 1. The topological polar surface area (TPSA) is 267 Å². The Morgan fingerprint density at radius 1 is 0.701 bits per heavy atom. The van der Waals surface area contributed by atoms with E-state index in [1.807, 2.05) is 61.0 Å². The smallest absolute Gasteiger partial charge is 0.462 e. The Balaban J connectivity index is 0.000000167. The van der Waals surface area contributed by atoms with Crippen LogP contribution in [0.5, 0.6) is 0 Å². The van der Waals surface area contributed by atoms with E-state index in [1.165, 1.54) is 50.9 Å². The number of halogens is 2. The van der Waals surface area contributed by atoms with Crippen molar-refractivity contribution in [1.82, 2.24) is 49.5 Å². The van der Waals surface area contributed by atoms with E-state index >= 15 is 0 Å². The van der Waals surface area contributed by atoms with Crippen molar-refractivity contribution in [2.24, 2.45) is 11.8 Å². The molecule has 0 spiro atoms. The van der Waals surface area contributed by atoms with Crippen LogP contribution in [0, 0.1) is 29.7 Å². The van der Waals surface area contributed by atoms with Gasteiger partial charge in [-0.1, -0.05) is 69.7 Å². The summed E-state index contributed by atoms with van der Waals surface area (Å²) < 4.78 is 31.3. The molecule has 11 rings (SSSR count). The van der Waals surface area contributed by atoms with E-state index in [2.05, 4.69) is 78.7 Å². The molecule has 8 aromatic heterocycles. The van der Waals surface area contributed by atoms with Gasteiger partial charge in [0, 0.05) is 95.1 Å². The van der Waals surface area contributed by atoms with Crippen molar-refractivity contribution < 1.29 is 43.0 Å². The van der Waals surface area contributed by atoms with Crippen molar-refractivity contribution >= 4 is 86.8 Å². The minimum absolute atomic E-state index is 0.0720. The number of ether oxygens (including phenoxy) is 3. The molecule has 87 heavy (non-hydrogen) atoms. The summed E-state index contributed by atoms with van der Waals surface area (Å²) in [7, 11) is -0.389. The zero-order valence-corrected chi connectivity index (χ0v) is 52.4. The largest absolute Gasteiger partial charge is 0.498 e. The summed E-state index contributed by atoms with van der Waals surface area (Å²) in [6, 6.07) is 8.03. The number of aromatic nitrogens is 10. The van der Waals surface area contributed by atoms with Gasteiger partial charge in [-0.25, -0.2) is 35.9 Å². The van der Waals surface area contributed by atoms with Gasteiger partial charge in [0.05, 0.1) is 82.5 Å². The van der Waals surface area contributed by atoms with Crippen molar-refractivity contribution in [3.63, 3.8) is 0 Å². The molecule has 1 saturated heterocycles. The number of nitrogens with zero attached hydrogens (tertiary/aromatic N) is 9. The quantitative estimate of drug-likeness (QED) is 0.0286. The molecule has 0 bridgehead atoms. The van der Waals surface area contributed by atoms with Gasteiger partial charge in [-0.15, -0.1) is 0 Å². The first-order valence-electron chi connectivity index (χ1n) is 29.9. The van der Waals surface area contributed by atoms with Gasteiger partial charge >= 0.3 is 25.0 Å². The lowest BCUT2D eigenvalue weighted by molar-refractivity contribution is 0.00578. The highest BCUT2D eigenvalue weighted by Gasteiger charge is 2.52. The number of aromatic amines is 3. The van der Waals surface area contributed by atoms with E-state index in [1.54, 1.807) is 43.8 Å². The SMILES string of the molecule is CC1(C)OB(c2cnn([C@H](CC#N)C3CCCC3)c2)OC1(C)C.CCCO.CCCOC(=O)c1cnc2[nH]ccc2c1Cl.CCOC(=O)c1cnc2[nH]ccc2c1Cl.[C-]#[N+]C[C@H](C1CCCC1)n1cc(-c2c(C(=O)OCCC)cnc3[nH]ccc23)cn1. The van der Waals surface area contributed by atoms with Crippen LogP contribution in [0.3, 0.4) is 0 Å². The van der Waals surface area contributed by atoms with Gasteiger partial charge in [0.1, 0.15) is 23.0 Å². The lowest BCUT2D eigenvalue weighted by Crippen LogP contribution is -2.41. The van der Waals surface area contributed by atoms with Crippen molar-refractivity contribution in [2.75, 3.05) is 33.0 Å². The number of nitrogens with one attached hydrogen (secondary N) is 3. The average molecular weight is 1230 g/mol.